The van der Waals surface area contributed by atoms with Crippen LogP contribution in [0.1, 0.15) is 19.4 Å². The average molecular weight is 265 g/mol. The molecule has 0 saturated heterocycles. The molecule has 1 atom stereocenters. The third-order valence-electron chi connectivity index (χ3n) is 2.44. The molecule has 104 valence electrons. The van der Waals surface area contributed by atoms with E-state index in [2.05, 4.69) is 5.32 Å². The molecule has 1 aromatic rings. The Kier molecular flexibility index (Phi) is 6.60. The first-order chi connectivity index (χ1) is 9.13. The standard InChI is InChI=1S/C14H19NO4/c1-3-18-14(17)11(2)15-9-13(16)19-10-12-7-5-4-6-8-12/h4-8,11,15H,3,9-10H2,1-2H3/t11-/m0/s1. The Morgan fingerprint density at radius 2 is 1.89 bits per heavy atom. The fourth-order valence-corrected chi connectivity index (χ4v) is 1.38. The Balaban J connectivity index is 2.23. The van der Waals surface area contributed by atoms with Crippen LogP contribution in [0.15, 0.2) is 30.3 Å². The number of esters is 2. The third-order valence-corrected chi connectivity index (χ3v) is 2.44. The monoisotopic (exact) mass is 265 g/mol. The maximum atomic E-state index is 11.5. The first-order valence-corrected chi connectivity index (χ1v) is 6.23. The molecule has 5 heteroatoms. The quantitative estimate of drug-likeness (QED) is 0.752. The lowest BCUT2D eigenvalue weighted by Gasteiger charge is -2.12. The van der Waals surface area contributed by atoms with Gasteiger partial charge in [0.05, 0.1) is 13.2 Å². The lowest BCUT2D eigenvalue weighted by molar-refractivity contribution is -0.146. The van der Waals surface area contributed by atoms with E-state index in [9.17, 15) is 9.59 Å². The summed E-state index contributed by atoms with van der Waals surface area (Å²) in [6.07, 6.45) is 0. The van der Waals surface area contributed by atoms with Crippen LogP contribution in [-0.2, 0) is 25.7 Å². The van der Waals surface area contributed by atoms with Crippen LogP contribution < -0.4 is 5.32 Å². The van der Waals surface area contributed by atoms with E-state index >= 15 is 0 Å². The molecule has 1 N–H and O–H groups in total. The molecular weight excluding hydrogens is 246 g/mol. The van der Waals surface area contributed by atoms with E-state index in [1.807, 2.05) is 30.3 Å². The molecule has 0 bridgehead atoms. The molecule has 1 rings (SSSR count). The topological polar surface area (TPSA) is 64.6 Å². The number of hydrogen-bond acceptors (Lipinski definition) is 5. The Morgan fingerprint density at radius 3 is 2.53 bits per heavy atom. The summed E-state index contributed by atoms with van der Waals surface area (Å²) in [5.74, 6) is -0.779. The predicted octanol–water partition coefficient (Wildman–Crippen LogP) is 1.27. The average Bonchev–Trinajstić information content (AvgIpc) is 2.43. The van der Waals surface area contributed by atoms with Gasteiger partial charge in [0.2, 0.25) is 0 Å². The highest BCUT2D eigenvalue weighted by molar-refractivity contribution is 5.77. The van der Waals surface area contributed by atoms with E-state index in [0.717, 1.165) is 5.56 Å². The van der Waals surface area contributed by atoms with Crippen LogP contribution >= 0.6 is 0 Å². The summed E-state index contributed by atoms with van der Waals surface area (Å²) in [6.45, 7) is 3.91. The van der Waals surface area contributed by atoms with Gasteiger partial charge in [-0.3, -0.25) is 14.9 Å². The molecule has 0 fully saturated rings. The normalized spacial score (nSPS) is 11.7. The van der Waals surface area contributed by atoms with E-state index in [-0.39, 0.29) is 19.1 Å². The Labute approximate surface area is 112 Å². The molecular formula is C14H19NO4. The van der Waals surface area contributed by atoms with Crippen molar-refractivity contribution in [3.63, 3.8) is 0 Å². The second-order valence-corrected chi connectivity index (χ2v) is 4.00. The molecule has 19 heavy (non-hydrogen) atoms. The second kappa shape index (κ2) is 8.26. The molecule has 0 amide bonds. The number of nitrogens with one attached hydrogen (secondary N) is 1. The molecule has 0 aromatic heterocycles. The summed E-state index contributed by atoms with van der Waals surface area (Å²) in [5.41, 5.74) is 0.925. The van der Waals surface area contributed by atoms with Crippen molar-refractivity contribution >= 4 is 11.9 Å². The van der Waals surface area contributed by atoms with Crippen molar-refractivity contribution in [2.75, 3.05) is 13.2 Å². The van der Waals surface area contributed by atoms with Crippen molar-refractivity contribution in [1.29, 1.82) is 0 Å². The molecule has 0 aliphatic carbocycles. The van der Waals surface area contributed by atoms with Gasteiger partial charge in [-0.25, -0.2) is 0 Å². The first kappa shape index (κ1) is 15.2. The maximum absolute atomic E-state index is 11.5. The van der Waals surface area contributed by atoms with Crippen LogP contribution in [0, 0.1) is 0 Å². The lowest BCUT2D eigenvalue weighted by atomic mass is 10.2. The summed E-state index contributed by atoms with van der Waals surface area (Å²) in [6, 6.07) is 8.89. The van der Waals surface area contributed by atoms with Crippen molar-refractivity contribution in [3.05, 3.63) is 35.9 Å². The Bertz CT molecular complexity index is 405. The van der Waals surface area contributed by atoms with Gasteiger partial charge in [-0.1, -0.05) is 30.3 Å². The van der Waals surface area contributed by atoms with Gasteiger partial charge in [0.1, 0.15) is 12.6 Å². The van der Waals surface area contributed by atoms with Gasteiger partial charge in [0, 0.05) is 0 Å². The molecule has 0 unspecified atom stereocenters. The Morgan fingerprint density at radius 1 is 1.21 bits per heavy atom. The van der Waals surface area contributed by atoms with E-state index in [4.69, 9.17) is 9.47 Å². The fraction of sp³-hybridized carbons (Fsp3) is 0.429. The van der Waals surface area contributed by atoms with Gasteiger partial charge in [-0.05, 0) is 19.4 Å². The van der Waals surface area contributed by atoms with E-state index in [1.165, 1.54) is 0 Å². The minimum Gasteiger partial charge on any atom is -0.465 e. The summed E-state index contributed by atoms with van der Waals surface area (Å²) in [5, 5.41) is 2.75. The number of carbonyl (C=O) groups is 2. The number of rotatable bonds is 7. The zero-order valence-corrected chi connectivity index (χ0v) is 11.2. The molecule has 0 saturated carbocycles. The van der Waals surface area contributed by atoms with Gasteiger partial charge in [-0.15, -0.1) is 0 Å². The number of carbonyl (C=O) groups excluding carboxylic acids is 2. The zero-order chi connectivity index (χ0) is 14.1. The molecule has 0 aliphatic rings. The highest BCUT2D eigenvalue weighted by atomic mass is 16.5. The van der Waals surface area contributed by atoms with Crippen LogP contribution in [0.5, 0.6) is 0 Å². The molecule has 5 nitrogen and oxygen atoms in total. The fourth-order valence-electron chi connectivity index (χ4n) is 1.38. The number of ether oxygens (including phenoxy) is 2. The Hall–Kier alpha value is -1.88. The first-order valence-electron chi connectivity index (χ1n) is 6.23. The third kappa shape index (κ3) is 6.01. The highest BCUT2D eigenvalue weighted by Crippen LogP contribution is 2.00. The van der Waals surface area contributed by atoms with Gasteiger partial charge in [0.25, 0.3) is 0 Å². The summed E-state index contributed by atoms with van der Waals surface area (Å²) in [4.78, 5) is 22.8. The molecule has 0 aliphatic heterocycles. The summed E-state index contributed by atoms with van der Waals surface area (Å²) >= 11 is 0. The zero-order valence-electron chi connectivity index (χ0n) is 11.2. The van der Waals surface area contributed by atoms with Crippen LogP contribution in [0.25, 0.3) is 0 Å². The number of hydrogen-bond donors (Lipinski definition) is 1. The van der Waals surface area contributed by atoms with Crippen LogP contribution in [0.2, 0.25) is 0 Å². The van der Waals surface area contributed by atoms with Gasteiger partial charge >= 0.3 is 11.9 Å². The SMILES string of the molecule is CCOC(=O)[C@H](C)NCC(=O)OCc1ccccc1. The predicted molar refractivity (Wildman–Crippen MR) is 70.3 cm³/mol. The van der Waals surface area contributed by atoms with Crippen molar-refractivity contribution in [1.82, 2.24) is 5.32 Å². The molecule has 1 aromatic carbocycles. The smallest absolute Gasteiger partial charge is 0.322 e. The van der Waals surface area contributed by atoms with Crippen molar-refractivity contribution in [2.45, 2.75) is 26.5 Å². The molecule has 0 spiro atoms. The van der Waals surface area contributed by atoms with Crippen LogP contribution in [0.3, 0.4) is 0 Å². The maximum Gasteiger partial charge on any atom is 0.322 e. The van der Waals surface area contributed by atoms with Crippen molar-refractivity contribution in [2.24, 2.45) is 0 Å². The summed E-state index contributed by atoms with van der Waals surface area (Å²) < 4.78 is 9.88. The van der Waals surface area contributed by atoms with E-state index < -0.39 is 12.0 Å². The van der Waals surface area contributed by atoms with E-state index in [0.29, 0.717) is 6.61 Å². The summed E-state index contributed by atoms with van der Waals surface area (Å²) in [7, 11) is 0. The number of benzene rings is 1. The van der Waals surface area contributed by atoms with Crippen molar-refractivity contribution < 1.29 is 19.1 Å². The largest absolute Gasteiger partial charge is 0.465 e. The minimum absolute atomic E-state index is 0.0210. The van der Waals surface area contributed by atoms with Gasteiger partial charge < -0.3 is 9.47 Å². The lowest BCUT2D eigenvalue weighted by Crippen LogP contribution is -2.39. The molecule has 0 radical (unpaired) electrons. The van der Waals surface area contributed by atoms with E-state index in [1.54, 1.807) is 13.8 Å². The van der Waals surface area contributed by atoms with Gasteiger partial charge in [-0.2, -0.15) is 0 Å². The van der Waals surface area contributed by atoms with Gasteiger partial charge in [0.15, 0.2) is 0 Å². The molecule has 0 heterocycles. The van der Waals surface area contributed by atoms with Crippen LogP contribution in [0.4, 0.5) is 0 Å². The van der Waals surface area contributed by atoms with Crippen molar-refractivity contribution in [3.8, 4) is 0 Å². The van der Waals surface area contributed by atoms with Crippen LogP contribution in [-0.4, -0.2) is 31.1 Å². The highest BCUT2D eigenvalue weighted by Gasteiger charge is 2.14. The second-order valence-electron chi connectivity index (χ2n) is 4.00. The minimum atomic E-state index is -0.524.